The third-order valence-corrected chi connectivity index (χ3v) is 2.45. The van der Waals surface area contributed by atoms with Crippen LogP contribution in [-0.4, -0.2) is 15.1 Å². The Morgan fingerprint density at radius 2 is 2.29 bits per heavy atom. The zero-order valence-corrected chi connectivity index (χ0v) is 9.10. The number of aryl methyl sites for hydroxylation is 1. The summed E-state index contributed by atoms with van der Waals surface area (Å²) in [4.78, 5) is 10.1. The molecule has 0 aliphatic carbocycles. The van der Waals surface area contributed by atoms with Crippen LogP contribution >= 0.6 is 0 Å². The highest BCUT2D eigenvalue weighted by Crippen LogP contribution is 2.21. The van der Waals surface area contributed by atoms with Gasteiger partial charge in [-0.1, -0.05) is 0 Å². The minimum Gasteiger partial charge on any atom is -0.380 e. The Balaban J connectivity index is 2.35. The lowest BCUT2D eigenvalue weighted by atomic mass is 10.0. The van der Waals surface area contributed by atoms with Gasteiger partial charge in [-0.3, -0.25) is 15.2 Å². The fraction of sp³-hybridized carbons (Fsp3) is 0.222. The van der Waals surface area contributed by atoms with Gasteiger partial charge in [-0.25, -0.2) is 0 Å². The summed E-state index contributed by atoms with van der Waals surface area (Å²) < 4.78 is 0. The highest BCUT2D eigenvalue weighted by Gasteiger charge is 2.33. The molecular weight excluding hydrogens is 224 g/mol. The second-order valence-electron chi connectivity index (χ2n) is 3.82. The number of nitrogens with zero attached hydrogens (tertiary/aromatic N) is 2. The molecule has 0 amide bonds. The van der Waals surface area contributed by atoms with Crippen LogP contribution in [0, 0.1) is 17.0 Å². The molecule has 0 radical (unpaired) electrons. The molecule has 8 nitrogen and oxygen atoms in total. The van der Waals surface area contributed by atoms with Gasteiger partial charge in [-0.15, -0.1) is 0 Å². The van der Waals surface area contributed by atoms with Crippen LogP contribution < -0.4 is 16.8 Å². The van der Waals surface area contributed by atoms with Crippen molar-refractivity contribution in [2.45, 2.75) is 12.6 Å². The van der Waals surface area contributed by atoms with Gasteiger partial charge in [-0.2, -0.15) is 5.10 Å². The van der Waals surface area contributed by atoms with Gasteiger partial charge in [-0.05, 0) is 19.1 Å². The Hall–Kier alpha value is -2.35. The van der Waals surface area contributed by atoms with Crippen LogP contribution in [0.15, 0.2) is 29.7 Å². The van der Waals surface area contributed by atoms with Gasteiger partial charge >= 0.3 is 5.70 Å². The van der Waals surface area contributed by atoms with Gasteiger partial charge in [0.2, 0.25) is 0 Å². The minimum absolute atomic E-state index is 0.0827. The van der Waals surface area contributed by atoms with E-state index in [-0.39, 0.29) is 11.5 Å². The smallest absolute Gasteiger partial charge is 0.308 e. The fourth-order valence-corrected chi connectivity index (χ4v) is 1.57. The molecule has 1 aromatic heterocycles. The van der Waals surface area contributed by atoms with E-state index in [4.69, 9.17) is 11.5 Å². The lowest BCUT2D eigenvalue weighted by Crippen LogP contribution is -2.52. The maximum atomic E-state index is 10.6. The van der Waals surface area contributed by atoms with Crippen LogP contribution in [0.4, 0.5) is 0 Å². The van der Waals surface area contributed by atoms with Crippen LogP contribution in [-0.2, 0) is 5.66 Å². The Labute approximate surface area is 96.5 Å². The molecule has 1 unspecified atom stereocenters. The second kappa shape index (κ2) is 3.59. The van der Waals surface area contributed by atoms with Crippen molar-refractivity contribution in [3.63, 3.8) is 0 Å². The first kappa shape index (κ1) is 11.1. The first-order valence-electron chi connectivity index (χ1n) is 4.85. The summed E-state index contributed by atoms with van der Waals surface area (Å²) in [5.41, 5.74) is 11.6. The third-order valence-electron chi connectivity index (χ3n) is 2.45. The number of allylic oxidation sites excluding steroid dienone is 1. The molecule has 90 valence electrons. The molecule has 1 aromatic rings. The molecule has 0 spiro atoms. The average Bonchev–Trinajstić information content (AvgIpc) is 2.64. The van der Waals surface area contributed by atoms with E-state index >= 15 is 0 Å². The number of dihydropyridines is 1. The monoisotopic (exact) mass is 236 g/mol. The number of aromatic amines is 1. The number of nitrogens with one attached hydrogen (secondary N) is 2. The van der Waals surface area contributed by atoms with Crippen molar-refractivity contribution in [2.75, 3.05) is 0 Å². The molecule has 2 rings (SSSR count). The van der Waals surface area contributed by atoms with Gasteiger partial charge in [0.05, 0.1) is 4.92 Å². The number of hydrogen-bond acceptors (Lipinski definition) is 6. The van der Waals surface area contributed by atoms with Gasteiger partial charge in [0.1, 0.15) is 5.69 Å². The lowest BCUT2D eigenvalue weighted by molar-refractivity contribution is -0.421. The number of rotatable bonds is 2. The van der Waals surface area contributed by atoms with Gasteiger partial charge in [0, 0.05) is 11.8 Å². The van der Waals surface area contributed by atoms with Crippen molar-refractivity contribution in [1.29, 1.82) is 0 Å². The summed E-state index contributed by atoms with van der Waals surface area (Å²) >= 11 is 0. The summed E-state index contributed by atoms with van der Waals surface area (Å²) in [5, 5.41) is 20.1. The highest BCUT2D eigenvalue weighted by atomic mass is 16.6. The average molecular weight is 236 g/mol. The molecule has 1 aliphatic heterocycles. The number of nitro groups is 1. The van der Waals surface area contributed by atoms with E-state index in [0.29, 0.717) is 5.69 Å². The predicted octanol–water partition coefficient (Wildman–Crippen LogP) is -0.606. The Morgan fingerprint density at radius 1 is 1.59 bits per heavy atom. The third kappa shape index (κ3) is 1.85. The molecule has 0 bridgehead atoms. The van der Waals surface area contributed by atoms with Gasteiger partial charge < -0.3 is 16.8 Å². The Morgan fingerprint density at radius 3 is 2.76 bits per heavy atom. The van der Waals surface area contributed by atoms with E-state index < -0.39 is 10.6 Å². The largest absolute Gasteiger partial charge is 0.380 e. The molecule has 0 saturated carbocycles. The summed E-state index contributed by atoms with van der Waals surface area (Å²) in [6.45, 7) is 1.83. The zero-order chi connectivity index (χ0) is 12.6. The van der Waals surface area contributed by atoms with Crippen LogP contribution in [0.1, 0.15) is 11.4 Å². The summed E-state index contributed by atoms with van der Waals surface area (Å²) in [5.74, 6) is -0.0827. The maximum Gasteiger partial charge on any atom is 0.308 e. The van der Waals surface area contributed by atoms with E-state index in [9.17, 15) is 10.1 Å². The highest BCUT2D eigenvalue weighted by molar-refractivity contribution is 5.33. The number of nitrogens with two attached hydrogens (primary N) is 2. The van der Waals surface area contributed by atoms with Crippen LogP contribution in [0.5, 0.6) is 0 Å². The molecule has 2 heterocycles. The van der Waals surface area contributed by atoms with E-state index in [2.05, 4.69) is 15.5 Å². The van der Waals surface area contributed by atoms with Gasteiger partial charge in [0.15, 0.2) is 11.5 Å². The minimum atomic E-state index is -1.13. The SMILES string of the molecule is Cc1cc(C2(N)C=CC([N+](=O)[O-])=C(N)N2)n[nH]1. The second-order valence-corrected chi connectivity index (χ2v) is 3.82. The lowest BCUT2D eigenvalue weighted by Gasteiger charge is -2.28. The molecule has 6 N–H and O–H groups in total. The van der Waals surface area contributed by atoms with E-state index in [0.717, 1.165) is 5.69 Å². The van der Waals surface area contributed by atoms with Crippen LogP contribution in [0.2, 0.25) is 0 Å². The molecular formula is C9H12N6O2. The van der Waals surface area contributed by atoms with Crippen molar-refractivity contribution in [3.05, 3.63) is 51.2 Å². The Kier molecular flexibility index (Phi) is 2.36. The van der Waals surface area contributed by atoms with E-state index in [1.54, 1.807) is 6.07 Å². The molecule has 1 atom stereocenters. The van der Waals surface area contributed by atoms with E-state index in [1.807, 2.05) is 6.92 Å². The fourth-order valence-electron chi connectivity index (χ4n) is 1.57. The summed E-state index contributed by atoms with van der Waals surface area (Å²) in [6, 6.07) is 1.74. The topological polar surface area (TPSA) is 136 Å². The van der Waals surface area contributed by atoms with Crippen molar-refractivity contribution in [1.82, 2.24) is 15.5 Å². The molecule has 0 saturated heterocycles. The summed E-state index contributed by atoms with van der Waals surface area (Å²) in [7, 11) is 0. The first-order valence-corrected chi connectivity index (χ1v) is 4.85. The van der Waals surface area contributed by atoms with Crippen molar-refractivity contribution in [2.24, 2.45) is 11.5 Å². The van der Waals surface area contributed by atoms with E-state index in [1.165, 1.54) is 12.2 Å². The Bertz CT molecular complexity index is 531. The summed E-state index contributed by atoms with van der Waals surface area (Å²) in [6.07, 6.45) is 2.73. The molecule has 8 heteroatoms. The molecule has 1 aliphatic rings. The van der Waals surface area contributed by atoms with Gasteiger partial charge in [0.25, 0.3) is 0 Å². The van der Waals surface area contributed by atoms with Crippen molar-refractivity contribution >= 4 is 0 Å². The quantitative estimate of drug-likeness (QED) is 0.399. The van der Waals surface area contributed by atoms with Crippen LogP contribution in [0.25, 0.3) is 0 Å². The number of H-pyrrole nitrogens is 1. The van der Waals surface area contributed by atoms with Crippen molar-refractivity contribution in [3.8, 4) is 0 Å². The van der Waals surface area contributed by atoms with Crippen LogP contribution in [0.3, 0.4) is 0 Å². The molecule has 0 fully saturated rings. The molecule has 17 heavy (non-hydrogen) atoms. The predicted molar refractivity (Wildman–Crippen MR) is 59.7 cm³/mol. The van der Waals surface area contributed by atoms with Crippen molar-refractivity contribution < 1.29 is 4.92 Å². The first-order chi connectivity index (χ1) is 7.92. The maximum absolute atomic E-state index is 10.6. The normalized spacial score (nSPS) is 23.6. The number of aromatic nitrogens is 2. The standard InChI is InChI=1S/C9H12N6O2/c1-5-4-7(14-13-5)9(11)3-2-6(15(16)17)8(10)12-9/h2-4,12H,10-11H2,1H3,(H,13,14). The number of hydrogen-bond donors (Lipinski definition) is 4. The molecule has 0 aromatic carbocycles. The zero-order valence-electron chi connectivity index (χ0n) is 9.10.